The van der Waals surface area contributed by atoms with Crippen molar-refractivity contribution in [3.63, 3.8) is 0 Å². The zero-order chi connectivity index (χ0) is 28.1. The first-order valence-electron chi connectivity index (χ1n) is 11.4. The number of rotatable bonds is 8. The summed E-state index contributed by atoms with van der Waals surface area (Å²) in [6.45, 7) is -1.51. The molecule has 9 atom stereocenters. The zero-order valence-electron chi connectivity index (χ0n) is 20.4. The van der Waals surface area contributed by atoms with Crippen molar-refractivity contribution in [2.24, 2.45) is 0 Å². The maximum atomic E-state index is 12.7. The molecule has 20 nitrogen and oxygen atoms in total. The van der Waals surface area contributed by atoms with Gasteiger partial charge in [-0.2, -0.15) is 0 Å². The molecule has 1 unspecified atom stereocenters. The minimum Gasteiger partial charge on any atom is -0.394 e. The highest BCUT2D eigenvalue weighted by molar-refractivity contribution is 7.47. The summed E-state index contributed by atoms with van der Waals surface area (Å²) >= 11 is 0. The van der Waals surface area contributed by atoms with E-state index in [0.29, 0.717) is 0 Å². The summed E-state index contributed by atoms with van der Waals surface area (Å²) in [6.07, 6.45) is -8.42. The summed E-state index contributed by atoms with van der Waals surface area (Å²) in [6, 6.07) is 0.998. The molecule has 0 aliphatic carbocycles. The number of aromatic amines is 1. The smallest absolute Gasteiger partial charge is 0.394 e. The highest BCUT2D eigenvalue weighted by Crippen LogP contribution is 2.49. The normalized spacial score (nSPS) is 31.7. The Morgan fingerprint density at radius 3 is 2.45 bits per heavy atom. The number of aliphatic hydroxyl groups excluding tert-OH is 4. The third kappa shape index (κ3) is 5.42. The van der Waals surface area contributed by atoms with Crippen LogP contribution in [0.2, 0.25) is 0 Å². The molecule has 40 heavy (non-hydrogen) atoms. The fourth-order valence-corrected chi connectivity index (χ4v) is 5.32. The minimum atomic E-state index is -5.01. The number of nitrogen functional groups attached to an aromatic ring is 1. The van der Waals surface area contributed by atoms with Gasteiger partial charge in [0.25, 0.3) is 5.56 Å². The molecule has 220 valence electrons. The Bertz CT molecular complexity index is 1510. The molecule has 21 heteroatoms. The summed E-state index contributed by atoms with van der Waals surface area (Å²) in [7, 11) is -5.01. The van der Waals surface area contributed by atoms with E-state index in [2.05, 4.69) is 15.0 Å². The Morgan fingerprint density at radius 1 is 1.05 bits per heavy atom. The van der Waals surface area contributed by atoms with Gasteiger partial charge in [-0.15, -0.1) is 0 Å². The lowest BCUT2D eigenvalue weighted by molar-refractivity contribution is -0.0610. The van der Waals surface area contributed by atoms with Crippen LogP contribution in [0, 0.1) is 0 Å². The molecular weight excluding hydrogens is 563 g/mol. The second kappa shape index (κ2) is 11.4. The van der Waals surface area contributed by atoms with E-state index in [-0.39, 0.29) is 23.1 Å². The average Bonchev–Trinajstić information content (AvgIpc) is 3.53. The number of imidazole rings is 1. The molecule has 3 aromatic rings. The third-order valence-corrected chi connectivity index (χ3v) is 7.26. The molecule has 0 spiro atoms. The van der Waals surface area contributed by atoms with Crippen LogP contribution in [0.25, 0.3) is 11.2 Å². The molecular formula is C19H27N8O12P. The van der Waals surface area contributed by atoms with Crippen LogP contribution in [-0.4, -0.2) is 104 Å². The number of anilines is 1. The average molecular weight is 590 g/mol. The van der Waals surface area contributed by atoms with E-state index in [4.69, 9.17) is 24.3 Å². The van der Waals surface area contributed by atoms with Crippen molar-refractivity contribution >= 4 is 24.8 Å². The van der Waals surface area contributed by atoms with Crippen LogP contribution >= 0.6 is 7.82 Å². The lowest BCUT2D eigenvalue weighted by atomic mass is 10.1. The summed E-state index contributed by atoms with van der Waals surface area (Å²) in [5.41, 5.74) is 4.56. The first-order valence-corrected chi connectivity index (χ1v) is 12.9. The number of nitrogens with zero attached hydrogens (tertiary/aromatic N) is 5. The number of phosphoric acid groups is 1. The Balaban J connectivity index is 0.00000370. The number of fused-ring (bicyclic) bond motifs is 1. The van der Waals surface area contributed by atoms with Crippen molar-refractivity contribution in [2.45, 2.75) is 49.1 Å². The molecule has 0 saturated carbocycles. The summed E-state index contributed by atoms with van der Waals surface area (Å²) in [5, 5.41) is 41.2. The predicted octanol–water partition coefficient (Wildman–Crippen LogP) is -3.51. The first kappa shape index (κ1) is 29.8. The molecule has 0 amide bonds. The van der Waals surface area contributed by atoms with Crippen molar-refractivity contribution in [3.8, 4) is 0 Å². The van der Waals surface area contributed by atoms with Gasteiger partial charge in [-0.25, -0.2) is 24.3 Å². The van der Waals surface area contributed by atoms with E-state index >= 15 is 0 Å². The predicted molar refractivity (Wildman–Crippen MR) is 130 cm³/mol. The highest BCUT2D eigenvalue weighted by Gasteiger charge is 2.50. The Kier molecular flexibility index (Phi) is 8.49. The molecule has 2 aliphatic rings. The van der Waals surface area contributed by atoms with Crippen LogP contribution in [0.4, 0.5) is 5.82 Å². The van der Waals surface area contributed by atoms with Crippen molar-refractivity contribution in [3.05, 3.63) is 45.8 Å². The number of aliphatic hydroxyl groups is 4. The Morgan fingerprint density at radius 2 is 1.75 bits per heavy atom. The van der Waals surface area contributed by atoms with Gasteiger partial charge in [-0.05, 0) is 0 Å². The standard InChI is InChI=1S/C19H24N7O12P.H3N/c20-15-10-16(22-5-21-15)26(6-23-10)18-13(31)14(7(3-27)36-18)38-39(33,34)35-4-8-11(29)12(30)17(37-8)25-2-1-9(28)24-19(25)32;/h1-2,5-8,11-14,17-18,27,29-31H,3-4H2,(H,33,34)(H2,20,21,22)(H,24,28,32);1H3/t7-,8-,11-,12-,13-,14-,17-,18-;/m1./s1. The fourth-order valence-electron chi connectivity index (χ4n) is 4.36. The van der Waals surface area contributed by atoms with E-state index in [1.54, 1.807) is 0 Å². The summed E-state index contributed by atoms with van der Waals surface area (Å²) in [4.78, 5) is 47.5. The molecule has 0 radical (unpaired) electrons. The lowest BCUT2D eigenvalue weighted by Gasteiger charge is -2.23. The van der Waals surface area contributed by atoms with Gasteiger partial charge in [0.2, 0.25) is 0 Å². The highest BCUT2D eigenvalue weighted by atomic mass is 31.2. The number of ether oxygens (including phenoxy) is 2. The van der Waals surface area contributed by atoms with Gasteiger partial charge >= 0.3 is 13.5 Å². The molecule has 5 heterocycles. The molecule has 2 fully saturated rings. The fraction of sp³-hybridized carbons (Fsp3) is 0.526. The summed E-state index contributed by atoms with van der Waals surface area (Å²) < 4.78 is 35.9. The zero-order valence-corrected chi connectivity index (χ0v) is 21.3. The van der Waals surface area contributed by atoms with Crippen molar-refractivity contribution < 1.29 is 48.4 Å². The second-order valence-electron chi connectivity index (χ2n) is 8.72. The molecule has 5 rings (SSSR count). The lowest BCUT2D eigenvalue weighted by Crippen LogP contribution is -2.37. The number of nitrogens with two attached hydrogens (primary N) is 1. The van der Waals surface area contributed by atoms with Gasteiger partial charge < -0.3 is 46.7 Å². The van der Waals surface area contributed by atoms with Crippen LogP contribution < -0.4 is 23.1 Å². The van der Waals surface area contributed by atoms with Crippen LogP contribution in [0.5, 0.6) is 0 Å². The van der Waals surface area contributed by atoms with Crippen LogP contribution in [0.15, 0.2) is 34.5 Å². The van der Waals surface area contributed by atoms with E-state index in [1.807, 2.05) is 4.98 Å². The molecule has 0 bridgehead atoms. The van der Waals surface area contributed by atoms with Crippen molar-refractivity contribution in [1.82, 2.24) is 35.2 Å². The van der Waals surface area contributed by atoms with E-state index in [0.717, 1.165) is 16.8 Å². The number of phosphoric ester groups is 1. The van der Waals surface area contributed by atoms with E-state index < -0.39 is 81.4 Å². The van der Waals surface area contributed by atoms with Gasteiger partial charge in [0, 0.05) is 12.3 Å². The largest absolute Gasteiger partial charge is 0.472 e. The van der Waals surface area contributed by atoms with Crippen LogP contribution in [-0.2, 0) is 23.1 Å². The number of nitrogens with one attached hydrogen (secondary N) is 1. The topological polar surface area (TPSA) is 315 Å². The molecule has 11 N–H and O–H groups in total. The minimum absolute atomic E-state index is 0. The van der Waals surface area contributed by atoms with Gasteiger partial charge in [0.1, 0.15) is 48.5 Å². The van der Waals surface area contributed by atoms with Crippen LogP contribution in [0.1, 0.15) is 12.5 Å². The summed E-state index contributed by atoms with van der Waals surface area (Å²) in [5.74, 6) is 0.0695. The maximum absolute atomic E-state index is 12.7. The third-order valence-electron chi connectivity index (χ3n) is 6.27. The SMILES string of the molecule is N.Nc1ncnc2c1ncn2[C@@H]1O[C@H](CO)[C@@H](OP(=O)(O)OC[C@H]2O[C@@H](n3ccc(=O)[nH]c3=O)[C@H](O)[C@@H]2O)[C@H]1O. The molecule has 2 saturated heterocycles. The molecule has 3 aromatic heterocycles. The number of hydrogen-bond donors (Lipinski definition) is 8. The number of aromatic nitrogens is 6. The second-order valence-corrected chi connectivity index (χ2v) is 10.1. The molecule has 0 aromatic carbocycles. The monoisotopic (exact) mass is 590 g/mol. The van der Waals surface area contributed by atoms with Gasteiger partial charge in [-0.3, -0.25) is 28.0 Å². The molecule has 2 aliphatic heterocycles. The van der Waals surface area contributed by atoms with Crippen molar-refractivity contribution in [2.75, 3.05) is 18.9 Å². The number of hydrogen-bond acceptors (Lipinski definition) is 16. The quantitative estimate of drug-likeness (QED) is 0.118. The van der Waals surface area contributed by atoms with Crippen LogP contribution in [0.3, 0.4) is 0 Å². The van der Waals surface area contributed by atoms with E-state index in [9.17, 15) is 39.5 Å². The first-order chi connectivity index (χ1) is 18.5. The Labute approximate surface area is 222 Å². The maximum Gasteiger partial charge on any atom is 0.472 e. The van der Waals surface area contributed by atoms with Gasteiger partial charge in [-0.1, -0.05) is 0 Å². The number of H-pyrrole nitrogens is 1. The van der Waals surface area contributed by atoms with E-state index in [1.165, 1.54) is 17.2 Å². The Hall–Kier alpha value is -3.14. The van der Waals surface area contributed by atoms with Gasteiger partial charge in [0.05, 0.1) is 19.5 Å². The van der Waals surface area contributed by atoms with Crippen molar-refractivity contribution in [1.29, 1.82) is 0 Å². The van der Waals surface area contributed by atoms with Gasteiger partial charge in [0.15, 0.2) is 23.9 Å².